The van der Waals surface area contributed by atoms with Crippen LogP contribution in [0.1, 0.15) is 31.1 Å². The molecule has 1 saturated heterocycles. The Morgan fingerprint density at radius 3 is 3.00 bits per heavy atom. The van der Waals surface area contributed by atoms with Crippen molar-refractivity contribution in [3.8, 4) is 5.75 Å². The molecular formula is C14H19NO2. The van der Waals surface area contributed by atoms with E-state index in [1.54, 1.807) is 0 Å². The van der Waals surface area contributed by atoms with Gasteiger partial charge in [-0.25, -0.2) is 0 Å². The van der Waals surface area contributed by atoms with Crippen molar-refractivity contribution in [3.63, 3.8) is 0 Å². The molecule has 2 aliphatic rings. The molecule has 1 N–H and O–H groups in total. The maximum Gasteiger partial charge on any atom is 0.122 e. The second kappa shape index (κ2) is 4.31. The van der Waals surface area contributed by atoms with Gasteiger partial charge in [0.25, 0.3) is 0 Å². The lowest BCUT2D eigenvalue weighted by molar-refractivity contribution is -0.0509. The van der Waals surface area contributed by atoms with Gasteiger partial charge in [0.05, 0.1) is 18.8 Å². The highest BCUT2D eigenvalue weighted by atomic mass is 16.5. The second-order valence-corrected chi connectivity index (χ2v) is 4.99. The fraction of sp³-hybridized carbons (Fsp3) is 0.571. The highest BCUT2D eigenvalue weighted by molar-refractivity contribution is 5.40. The summed E-state index contributed by atoms with van der Waals surface area (Å²) in [6, 6.07) is 6.87. The van der Waals surface area contributed by atoms with Crippen LogP contribution < -0.4 is 10.1 Å². The van der Waals surface area contributed by atoms with Gasteiger partial charge in [-0.05, 0) is 37.1 Å². The molecule has 3 nitrogen and oxygen atoms in total. The highest BCUT2D eigenvalue weighted by Gasteiger charge is 2.26. The third kappa shape index (κ3) is 2.05. The van der Waals surface area contributed by atoms with Crippen LogP contribution in [-0.4, -0.2) is 25.3 Å². The van der Waals surface area contributed by atoms with Crippen molar-refractivity contribution in [2.75, 3.05) is 13.2 Å². The zero-order valence-corrected chi connectivity index (χ0v) is 10.4. The number of benzene rings is 1. The Hall–Kier alpha value is -1.06. The molecule has 92 valence electrons. The average molecular weight is 233 g/mol. The standard InChI is InChI=1S/C14H19NO2/c1-9-10(2)17-14(8-15-9)11-3-4-13-12(7-11)5-6-16-13/h3-4,7,9-10,14-15H,5-6,8H2,1-2H3. The zero-order chi connectivity index (χ0) is 11.8. The number of morpholine rings is 1. The Labute approximate surface area is 102 Å². The predicted molar refractivity (Wildman–Crippen MR) is 66.4 cm³/mol. The van der Waals surface area contributed by atoms with Gasteiger partial charge < -0.3 is 14.8 Å². The lowest BCUT2D eigenvalue weighted by Crippen LogP contribution is -2.46. The normalized spacial score (nSPS) is 32.0. The number of rotatable bonds is 1. The van der Waals surface area contributed by atoms with E-state index in [0.717, 1.165) is 25.3 Å². The van der Waals surface area contributed by atoms with Crippen molar-refractivity contribution in [2.45, 2.75) is 38.5 Å². The van der Waals surface area contributed by atoms with E-state index in [-0.39, 0.29) is 12.2 Å². The summed E-state index contributed by atoms with van der Waals surface area (Å²) in [4.78, 5) is 0. The van der Waals surface area contributed by atoms with Gasteiger partial charge in [0, 0.05) is 19.0 Å². The molecule has 2 aliphatic heterocycles. The van der Waals surface area contributed by atoms with Crippen molar-refractivity contribution in [1.29, 1.82) is 0 Å². The van der Waals surface area contributed by atoms with Crippen molar-refractivity contribution >= 4 is 0 Å². The van der Waals surface area contributed by atoms with Crippen molar-refractivity contribution in [1.82, 2.24) is 5.32 Å². The van der Waals surface area contributed by atoms with Gasteiger partial charge in [0.2, 0.25) is 0 Å². The number of ether oxygens (including phenoxy) is 2. The molecule has 0 bridgehead atoms. The molecule has 1 aromatic rings. The smallest absolute Gasteiger partial charge is 0.122 e. The molecule has 0 saturated carbocycles. The van der Waals surface area contributed by atoms with Crippen molar-refractivity contribution < 1.29 is 9.47 Å². The molecule has 3 heteroatoms. The first-order valence-corrected chi connectivity index (χ1v) is 6.38. The lowest BCUT2D eigenvalue weighted by atomic mass is 10.0. The van der Waals surface area contributed by atoms with E-state index in [9.17, 15) is 0 Å². The molecule has 1 aromatic carbocycles. The van der Waals surface area contributed by atoms with Gasteiger partial charge in [-0.1, -0.05) is 6.07 Å². The van der Waals surface area contributed by atoms with Crippen molar-refractivity contribution in [2.24, 2.45) is 0 Å². The van der Waals surface area contributed by atoms with Gasteiger partial charge >= 0.3 is 0 Å². The maximum atomic E-state index is 6.04. The molecule has 0 spiro atoms. The van der Waals surface area contributed by atoms with Gasteiger partial charge in [-0.2, -0.15) is 0 Å². The summed E-state index contributed by atoms with van der Waals surface area (Å²) in [5.74, 6) is 1.04. The van der Waals surface area contributed by atoms with Crippen LogP contribution in [0.5, 0.6) is 5.75 Å². The minimum atomic E-state index is 0.173. The van der Waals surface area contributed by atoms with Crippen LogP contribution in [0.15, 0.2) is 18.2 Å². The van der Waals surface area contributed by atoms with Crippen LogP contribution in [0.25, 0.3) is 0 Å². The van der Waals surface area contributed by atoms with Crippen molar-refractivity contribution in [3.05, 3.63) is 29.3 Å². The van der Waals surface area contributed by atoms with Crippen LogP contribution in [0.2, 0.25) is 0 Å². The van der Waals surface area contributed by atoms with E-state index in [4.69, 9.17) is 9.47 Å². The van der Waals surface area contributed by atoms with E-state index in [0.29, 0.717) is 6.04 Å². The summed E-state index contributed by atoms with van der Waals surface area (Å²) in [5, 5.41) is 3.49. The third-order valence-electron chi connectivity index (χ3n) is 3.79. The largest absolute Gasteiger partial charge is 0.493 e. The Morgan fingerprint density at radius 2 is 2.18 bits per heavy atom. The van der Waals surface area contributed by atoms with Crippen LogP contribution in [0.3, 0.4) is 0 Å². The summed E-state index contributed by atoms with van der Waals surface area (Å²) in [7, 11) is 0. The molecule has 0 radical (unpaired) electrons. The molecule has 0 aliphatic carbocycles. The average Bonchev–Trinajstić information content (AvgIpc) is 2.79. The molecule has 0 amide bonds. The summed E-state index contributed by atoms with van der Waals surface area (Å²) in [5.41, 5.74) is 2.58. The zero-order valence-electron chi connectivity index (χ0n) is 10.4. The van der Waals surface area contributed by atoms with Crippen LogP contribution in [-0.2, 0) is 11.2 Å². The molecule has 3 rings (SSSR count). The minimum absolute atomic E-state index is 0.173. The first kappa shape index (κ1) is 11.1. The minimum Gasteiger partial charge on any atom is -0.493 e. The Bertz CT molecular complexity index is 419. The molecule has 1 fully saturated rings. The predicted octanol–water partition coefficient (Wildman–Crippen LogP) is 2.06. The third-order valence-corrected chi connectivity index (χ3v) is 3.79. The van der Waals surface area contributed by atoms with Crippen LogP contribution in [0, 0.1) is 0 Å². The molecule has 17 heavy (non-hydrogen) atoms. The van der Waals surface area contributed by atoms with E-state index >= 15 is 0 Å². The van der Waals surface area contributed by atoms with Gasteiger partial charge in [0.1, 0.15) is 5.75 Å². The van der Waals surface area contributed by atoms with E-state index < -0.39 is 0 Å². The number of hydrogen-bond donors (Lipinski definition) is 1. The number of nitrogens with one attached hydrogen (secondary N) is 1. The summed E-state index contributed by atoms with van der Waals surface area (Å²) in [6.45, 7) is 6.00. The van der Waals surface area contributed by atoms with Crippen LogP contribution >= 0.6 is 0 Å². The molecule has 3 atom stereocenters. The fourth-order valence-corrected chi connectivity index (χ4v) is 2.49. The lowest BCUT2D eigenvalue weighted by Gasteiger charge is -2.34. The number of fused-ring (bicyclic) bond motifs is 1. The van der Waals surface area contributed by atoms with Crippen LogP contribution in [0.4, 0.5) is 0 Å². The first-order valence-electron chi connectivity index (χ1n) is 6.38. The van der Waals surface area contributed by atoms with E-state index in [1.807, 2.05) is 0 Å². The summed E-state index contributed by atoms with van der Waals surface area (Å²) >= 11 is 0. The summed E-state index contributed by atoms with van der Waals surface area (Å²) < 4.78 is 11.6. The number of hydrogen-bond acceptors (Lipinski definition) is 3. The van der Waals surface area contributed by atoms with Gasteiger partial charge in [0.15, 0.2) is 0 Å². The molecule has 2 heterocycles. The fourth-order valence-electron chi connectivity index (χ4n) is 2.49. The molecular weight excluding hydrogens is 214 g/mol. The second-order valence-electron chi connectivity index (χ2n) is 4.99. The van der Waals surface area contributed by atoms with Gasteiger partial charge in [-0.15, -0.1) is 0 Å². The van der Waals surface area contributed by atoms with Gasteiger partial charge in [-0.3, -0.25) is 0 Å². The van der Waals surface area contributed by atoms with E-state index in [1.165, 1.54) is 11.1 Å². The Kier molecular flexibility index (Phi) is 2.81. The Balaban J connectivity index is 1.80. The van der Waals surface area contributed by atoms with E-state index in [2.05, 4.69) is 37.4 Å². The first-order chi connectivity index (χ1) is 8.24. The SMILES string of the molecule is CC1NCC(c2ccc3c(c2)CCO3)OC1C. The quantitative estimate of drug-likeness (QED) is 0.805. The molecule has 0 aromatic heterocycles. The topological polar surface area (TPSA) is 30.5 Å². The summed E-state index contributed by atoms with van der Waals surface area (Å²) in [6.07, 6.45) is 1.46. The maximum absolute atomic E-state index is 6.04. The molecule has 3 unspecified atom stereocenters. The Morgan fingerprint density at radius 1 is 1.29 bits per heavy atom. The highest BCUT2D eigenvalue weighted by Crippen LogP contribution is 2.30. The monoisotopic (exact) mass is 233 g/mol.